The normalized spacial score (nSPS) is 19.1. The quantitative estimate of drug-likeness (QED) is 0.840. The number of likely N-dealkylation sites (tertiary alicyclic amines) is 1. The van der Waals surface area contributed by atoms with Crippen LogP contribution in [-0.2, 0) is 7.05 Å². The molecule has 0 radical (unpaired) electrons. The lowest BCUT2D eigenvalue weighted by Gasteiger charge is -2.29. The Morgan fingerprint density at radius 2 is 2.00 bits per heavy atom. The smallest absolute Gasteiger partial charge is 0.255 e. The van der Waals surface area contributed by atoms with E-state index in [4.69, 9.17) is 9.47 Å². The topological polar surface area (TPSA) is 60.8 Å². The van der Waals surface area contributed by atoms with Gasteiger partial charge in [-0.25, -0.2) is 0 Å². The number of hydrogen-bond donors (Lipinski definition) is 0. The van der Waals surface area contributed by atoms with E-state index in [-0.39, 0.29) is 17.5 Å². The summed E-state index contributed by atoms with van der Waals surface area (Å²) in [6.07, 6.45) is 3.42. The third-order valence-corrected chi connectivity index (χ3v) is 4.80. The van der Waals surface area contributed by atoms with Gasteiger partial charge < -0.3 is 18.9 Å². The van der Waals surface area contributed by atoms with Crippen LogP contribution >= 0.6 is 0 Å². The summed E-state index contributed by atoms with van der Waals surface area (Å²) in [5, 5.41) is 0. The van der Waals surface area contributed by atoms with E-state index < -0.39 is 0 Å². The third kappa shape index (κ3) is 2.77. The minimum Gasteiger partial charge on any atom is -0.486 e. The van der Waals surface area contributed by atoms with Gasteiger partial charge in [0.15, 0.2) is 11.5 Å². The average molecular weight is 340 g/mol. The van der Waals surface area contributed by atoms with Crippen LogP contribution in [0.1, 0.15) is 34.8 Å². The van der Waals surface area contributed by atoms with Gasteiger partial charge in [0.1, 0.15) is 13.2 Å². The van der Waals surface area contributed by atoms with Crippen LogP contribution < -0.4 is 15.0 Å². The molecule has 1 aromatic heterocycles. The van der Waals surface area contributed by atoms with Crippen molar-refractivity contribution < 1.29 is 14.3 Å². The molecule has 0 aliphatic carbocycles. The number of carbonyl (C=O) groups is 1. The lowest BCUT2D eigenvalue weighted by Crippen LogP contribution is -2.32. The van der Waals surface area contributed by atoms with Crippen molar-refractivity contribution in [3.63, 3.8) is 0 Å². The molecule has 3 heterocycles. The standard InChI is InChI=1S/C19H20N2O4/c1-20-12-13(7-8-17(20)22)19(23)21-9-3-5-15(21)14-4-2-6-16-18(14)25-11-10-24-16/h2,4,6-8,12,15H,3,5,9-11H2,1H3/t15-/m0/s1. The molecule has 0 bridgehead atoms. The number of benzene rings is 1. The van der Waals surface area contributed by atoms with Crippen molar-refractivity contribution >= 4 is 5.91 Å². The Hall–Kier alpha value is -2.76. The highest BCUT2D eigenvalue weighted by atomic mass is 16.6. The molecule has 1 fully saturated rings. The summed E-state index contributed by atoms with van der Waals surface area (Å²) in [5.41, 5.74) is 1.39. The first kappa shape index (κ1) is 15.7. The maximum Gasteiger partial charge on any atom is 0.255 e. The van der Waals surface area contributed by atoms with Crippen LogP contribution in [0.15, 0.2) is 41.3 Å². The van der Waals surface area contributed by atoms with E-state index in [2.05, 4.69) is 0 Å². The molecule has 1 amide bonds. The van der Waals surface area contributed by atoms with Gasteiger partial charge in [0.25, 0.3) is 5.91 Å². The first-order valence-electron chi connectivity index (χ1n) is 8.51. The van der Waals surface area contributed by atoms with Crippen LogP contribution in [0, 0.1) is 0 Å². The maximum absolute atomic E-state index is 13.0. The van der Waals surface area contributed by atoms with Crippen LogP contribution in [-0.4, -0.2) is 35.1 Å². The van der Waals surface area contributed by atoms with E-state index in [1.54, 1.807) is 19.3 Å². The molecule has 130 valence electrons. The van der Waals surface area contributed by atoms with Crippen LogP contribution in [0.3, 0.4) is 0 Å². The Labute approximate surface area is 145 Å². The van der Waals surface area contributed by atoms with Crippen molar-refractivity contribution in [2.75, 3.05) is 19.8 Å². The van der Waals surface area contributed by atoms with Crippen LogP contribution in [0.25, 0.3) is 0 Å². The van der Waals surface area contributed by atoms with Gasteiger partial charge in [0.05, 0.1) is 11.6 Å². The predicted octanol–water partition coefficient (Wildman–Crippen LogP) is 2.13. The molecule has 1 saturated heterocycles. The largest absolute Gasteiger partial charge is 0.486 e. The second-order valence-corrected chi connectivity index (χ2v) is 6.39. The fourth-order valence-electron chi connectivity index (χ4n) is 3.58. The van der Waals surface area contributed by atoms with Gasteiger partial charge >= 0.3 is 0 Å². The molecule has 0 unspecified atom stereocenters. The zero-order chi connectivity index (χ0) is 17.4. The first-order valence-corrected chi connectivity index (χ1v) is 8.51. The van der Waals surface area contributed by atoms with Crippen molar-refractivity contribution in [2.24, 2.45) is 7.05 Å². The van der Waals surface area contributed by atoms with E-state index in [0.717, 1.165) is 29.9 Å². The number of aryl methyl sites for hydroxylation is 1. The Morgan fingerprint density at radius 3 is 2.84 bits per heavy atom. The summed E-state index contributed by atoms with van der Waals surface area (Å²) in [5.74, 6) is 1.43. The van der Waals surface area contributed by atoms with E-state index in [1.807, 2.05) is 23.1 Å². The fraction of sp³-hybridized carbons (Fsp3) is 0.368. The van der Waals surface area contributed by atoms with Crippen molar-refractivity contribution in [1.82, 2.24) is 9.47 Å². The zero-order valence-electron chi connectivity index (χ0n) is 14.1. The molecule has 2 aliphatic rings. The lowest BCUT2D eigenvalue weighted by atomic mass is 10.0. The number of hydrogen-bond acceptors (Lipinski definition) is 4. The number of ether oxygens (including phenoxy) is 2. The number of para-hydroxylation sites is 1. The zero-order valence-corrected chi connectivity index (χ0v) is 14.1. The summed E-state index contributed by atoms with van der Waals surface area (Å²) in [4.78, 5) is 26.4. The first-order chi connectivity index (χ1) is 12.1. The van der Waals surface area contributed by atoms with Crippen LogP contribution in [0.2, 0.25) is 0 Å². The average Bonchev–Trinajstić information content (AvgIpc) is 3.12. The van der Waals surface area contributed by atoms with Gasteiger partial charge in [-0.15, -0.1) is 0 Å². The van der Waals surface area contributed by atoms with Gasteiger partial charge in [-0.2, -0.15) is 0 Å². The summed E-state index contributed by atoms with van der Waals surface area (Å²) >= 11 is 0. The van der Waals surface area contributed by atoms with Crippen LogP contribution in [0.4, 0.5) is 0 Å². The van der Waals surface area contributed by atoms with E-state index in [0.29, 0.717) is 25.3 Å². The van der Waals surface area contributed by atoms with E-state index in [9.17, 15) is 9.59 Å². The summed E-state index contributed by atoms with van der Waals surface area (Å²) in [6, 6.07) is 8.83. The van der Waals surface area contributed by atoms with Gasteiger partial charge in [-0.05, 0) is 25.0 Å². The number of carbonyl (C=O) groups excluding carboxylic acids is 1. The molecular formula is C19H20N2O4. The molecular weight excluding hydrogens is 320 g/mol. The summed E-state index contributed by atoms with van der Waals surface area (Å²) < 4.78 is 12.9. The molecule has 4 rings (SSSR count). The lowest BCUT2D eigenvalue weighted by molar-refractivity contribution is 0.0730. The Morgan fingerprint density at radius 1 is 1.16 bits per heavy atom. The number of aromatic nitrogens is 1. The van der Waals surface area contributed by atoms with Crippen molar-refractivity contribution in [2.45, 2.75) is 18.9 Å². The van der Waals surface area contributed by atoms with Crippen molar-refractivity contribution in [1.29, 1.82) is 0 Å². The number of amides is 1. The second-order valence-electron chi connectivity index (χ2n) is 6.39. The molecule has 1 aromatic carbocycles. The monoisotopic (exact) mass is 340 g/mol. The summed E-state index contributed by atoms with van der Waals surface area (Å²) in [7, 11) is 1.65. The predicted molar refractivity (Wildman–Crippen MR) is 92.1 cm³/mol. The van der Waals surface area contributed by atoms with E-state index >= 15 is 0 Å². The van der Waals surface area contributed by atoms with Gasteiger partial charge in [0, 0.05) is 31.4 Å². The number of nitrogens with zero attached hydrogens (tertiary/aromatic N) is 2. The molecule has 0 spiro atoms. The minimum absolute atomic E-state index is 0.0404. The van der Waals surface area contributed by atoms with E-state index in [1.165, 1.54) is 10.6 Å². The highest BCUT2D eigenvalue weighted by molar-refractivity contribution is 5.94. The second kappa shape index (κ2) is 6.27. The van der Waals surface area contributed by atoms with Gasteiger partial charge in [0.2, 0.25) is 5.56 Å². The number of pyridine rings is 1. The maximum atomic E-state index is 13.0. The molecule has 1 atom stereocenters. The molecule has 2 aliphatic heterocycles. The van der Waals surface area contributed by atoms with Crippen LogP contribution in [0.5, 0.6) is 11.5 Å². The molecule has 6 heteroatoms. The highest BCUT2D eigenvalue weighted by Gasteiger charge is 2.34. The minimum atomic E-state index is -0.128. The highest BCUT2D eigenvalue weighted by Crippen LogP contribution is 2.43. The Bertz CT molecular complexity index is 874. The van der Waals surface area contributed by atoms with Crippen molar-refractivity contribution in [3.8, 4) is 11.5 Å². The molecule has 25 heavy (non-hydrogen) atoms. The Balaban J connectivity index is 1.68. The molecule has 6 nitrogen and oxygen atoms in total. The van der Waals surface area contributed by atoms with Crippen molar-refractivity contribution in [3.05, 3.63) is 58.0 Å². The van der Waals surface area contributed by atoms with Gasteiger partial charge in [-0.1, -0.05) is 12.1 Å². The number of fused-ring (bicyclic) bond motifs is 1. The SMILES string of the molecule is Cn1cc(C(=O)N2CCC[C@H]2c2cccc3c2OCCO3)ccc1=O. The molecule has 0 saturated carbocycles. The Kier molecular flexibility index (Phi) is 3.95. The third-order valence-electron chi connectivity index (χ3n) is 4.80. The molecule has 2 aromatic rings. The fourth-order valence-corrected chi connectivity index (χ4v) is 3.58. The summed E-state index contributed by atoms with van der Waals surface area (Å²) in [6.45, 7) is 1.75. The molecule has 0 N–H and O–H groups in total. The number of rotatable bonds is 2. The van der Waals surface area contributed by atoms with Gasteiger partial charge in [-0.3, -0.25) is 9.59 Å².